The largest absolute Gasteiger partial charge is 0.416 e. The molecule has 1 amide bonds. The maximum atomic E-state index is 12.7. The van der Waals surface area contributed by atoms with Crippen molar-refractivity contribution in [3.8, 4) is 0 Å². The van der Waals surface area contributed by atoms with E-state index in [0.717, 1.165) is 12.1 Å². The highest BCUT2D eigenvalue weighted by atomic mass is 79.9. The lowest BCUT2D eigenvalue weighted by atomic mass is 10.1. The number of aromatic nitrogens is 1. The predicted molar refractivity (Wildman–Crippen MR) is 76.1 cm³/mol. The molecular formula is C14H10BrF3N2O. The molecule has 0 aliphatic carbocycles. The van der Waals surface area contributed by atoms with Crippen molar-refractivity contribution in [2.75, 3.05) is 5.32 Å². The number of aryl methyl sites for hydroxylation is 1. The van der Waals surface area contributed by atoms with E-state index in [1.807, 2.05) is 0 Å². The molecule has 1 heterocycles. The lowest BCUT2D eigenvalue weighted by Crippen LogP contribution is -2.16. The maximum absolute atomic E-state index is 12.7. The summed E-state index contributed by atoms with van der Waals surface area (Å²) in [6.45, 7) is 1.61. The van der Waals surface area contributed by atoms with E-state index in [2.05, 4.69) is 26.2 Å². The number of nitrogens with one attached hydrogen (secondary N) is 1. The van der Waals surface area contributed by atoms with Gasteiger partial charge in [0.2, 0.25) is 0 Å². The first-order valence-corrected chi connectivity index (χ1v) is 6.68. The van der Waals surface area contributed by atoms with Gasteiger partial charge in [0.05, 0.1) is 5.56 Å². The van der Waals surface area contributed by atoms with Crippen LogP contribution in [0.3, 0.4) is 0 Å². The summed E-state index contributed by atoms with van der Waals surface area (Å²) in [7, 11) is 0. The quantitative estimate of drug-likeness (QED) is 0.862. The summed E-state index contributed by atoms with van der Waals surface area (Å²) in [5.41, 5.74) is -0.0754. The Bertz CT molecular complexity index is 686. The molecule has 0 unspecified atom stereocenters. The number of benzene rings is 1. The van der Waals surface area contributed by atoms with Gasteiger partial charge >= 0.3 is 6.18 Å². The third-order valence-electron chi connectivity index (χ3n) is 2.79. The number of alkyl halides is 3. The summed E-state index contributed by atoms with van der Waals surface area (Å²) in [4.78, 5) is 16.0. The second-order valence-corrected chi connectivity index (χ2v) is 5.17. The van der Waals surface area contributed by atoms with Crippen LogP contribution in [0.1, 0.15) is 21.6 Å². The maximum Gasteiger partial charge on any atom is 0.416 e. The number of rotatable bonds is 2. The van der Waals surface area contributed by atoms with Crippen LogP contribution in [0.4, 0.5) is 18.9 Å². The molecule has 0 aliphatic heterocycles. The van der Waals surface area contributed by atoms with E-state index in [-0.39, 0.29) is 11.4 Å². The summed E-state index contributed by atoms with van der Waals surface area (Å²) in [5, 5.41) is 2.45. The number of hydrogen-bond donors (Lipinski definition) is 1. The second kappa shape index (κ2) is 5.85. The smallest absolute Gasteiger partial charge is 0.320 e. The Balaban J connectivity index is 2.31. The van der Waals surface area contributed by atoms with E-state index in [1.165, 1.54) is 12.3 Å². The normalized spacial score (nSPS) is 11.3. The van der Waals surface area contributed by atoms with E-state index in [0.29, 0.717) is 10.0 Å². The Morgan fingerprint density at radius 2 is 2.00 bits per heavy atom. The summed E-state index contributed by atoms with van der Waals surface area (Å²) >= 11 is 3.17. The minimum atomic E-state index is -4.46. The molecule has 110 valence electrons. The SMILES string of the molecule is Cc1ccc(C(F)(F)F)cc1NC(=O)c1ncccc1Br. The molecule has 1 N–H and O–H groups in total. The van der Waals surface area contributed by atoms with Crippen molar-refractivity contribution in [3.05, 3.63) is 57.8 Å². The van der Waals surface area contributed by atoms with Crippen molar-refractivity contribution < 1.29 is 18.0 Å². The number of anilines is 1. The molecular weight excluding hydrogens is 349 g/mol. The number of hydrogen-bond acceptors (Lipinski definition) is 2. The van der Waals surface area contributed by atoms with E-state index >= 15 is 0 Å². The summed E-state index contributed by atoms with van der Waals surface area (Å²) in [5.74, 6) is -0.579. The molecule has 0 fully saturated rings. The van der Waals surface area contributed by atoms with Crippen molar-refractivity contribution in [2.24, 2.45) is 0 Å². The van der Waals surface area contributed by atoms with Crippen LogP contribution in [-0.4, -0.2) is 10.9 Å². The highest BCUT2D eigenvalue weighted by molar-refractivity contribution is 9.10. The molecule has 0 atom stereocenters. The first-order chi connectivity index (χ1) is 9.79. The van der Waals surface area contributed by atoms with Gasteiger partial charge in [-0.15, -0.1) is 0 Å². The van der Waals surface area contributed by atoms with E-state index in [4.69, 9.17) is 0 Å². The minimum absolute atomic E-state index is 0.104. The fourth-order valence-corrected chi connectivity index (χ4v) is 2.10. The van der Waals surface area contributed by atoms with Crippen LogP contribution in [0.15, 0.2) is 41.0 Å². The Kier molecular flexibility index (Phi) is 4.32. The molecule has 0 radical (unpaired) electrons. The zero-order chi connectivity index (χ0) is 15.6. The molecule has 21 heavy (non-hydrogen) atoms. The second-order valence-electron chi connectivity index (χ2n) is 4.32. The lowest BCUT2D eigenvalue weighted by molar-refractivity contribution is -0.137. The number of amides is 1. The third-order valence-corrected chi connectivity index (χ3v) is 3.43. The molecule has 2 aromatic rings. The van der Waals surface area contributed by atoms with Crippen molar-refractivity contribution >= 4 is 27.5 Å². The van der Waals surface area contributed by atoms with Crippen molar-refractivity contribution in [1.82, 2.24) is 4.98 Å². The molecule has 0 aliphatic rings. The van der Waals surface area contributed by atoms with Gasteiger partial charge in [-0.3, -0.25) is 4.79 Å². The van der Waals surface area contributed by atoms with Crippen LogP contribution in [0.2, 0.25) is 0 Å². The Labute approximate surface area is 127 Å². The van der Waals surface area contributed by atoms with Crippen molar-refractivity contribution in [1.29, 1.82) is 0 Å². The van der Waals surface area contributed by atoms with Crippen LogP contribution in [0.5, 0.6) is 0 Å². The Morgan fingerprint density at radius 3 is 2.62 bits per heavy atom. The van der Waals surface area contributed by atoms with Crippen LogP contribution < -0.4 is 5.32 Å². The van der Waals surface area contributed by atoms with E-state index < -0.39 is 17.6 Å². The first kappa shape index (κ1) is 15.5. The van der Waals surface area contributed by atoms with Gasteiger partial charge in [-0.1, -0.05) is 6.07 Å². The average Bonchev–Trinajstić information content (AvgIpc) is 2.40. The topological polar surface area (TPSA) is 42.0 Å². The Morgan fingerprint density at radius 1 is 1.29 bits per heavy atom. The number of pyridine rings is 1. The van der Waals surface area contributed by atoms with Crippen molar-refractivity contribution in [2.45, 2.75) is 13.1 Å². The third kappa shape index (κ3) is 3.60. The highest BCUT2D eigenvalue weighted by Crippen LogP contribution is 2.32. The van der Waals surface area contributed by atoms with E-state index in [9.17, 15) is 18.0 Å². The minimum Gasteiger partial charge on any atom is -0.320 e. The predicted octanol–water partition coefficient (Wildman–Crippen LogP) is 4.42. The van der Waals surface area contributed by atoms with Gasteiger partial charge in [0, 0.05) is 16.4 Å². The molecule has 7 heteroatoms. The van der Waals surface area contributed by atoms with Crippen LogP contribution in [0.25, 0.3) is 0 Å². The summed E-state index contributed by atoms with van der Waals surface area (Å²) < 4.78 is 38.5. The fourth-order valence-electron chi connectivity index (χ4n) is 1.67. The van der Waals surface area contributed by atoms with E-state index in [1.54, 1.807) is 19.1 Å². The molecule has 3 nitrogen and oxygen atoms in total. The van der Waals surface area contributed by atoms with Gasteiger partial charge in [-0.25, -0.2) is 4.98 Å². The summed E-state index contributed by atoms with van der Waals surface area (Å²) in [6.07, 6.45) is -3.03. The van der Waals surface area contributed by atoms with Gasteiger partial charge < -0.3 is 5.32 Å². The number of nitrogens with zero attached hydrogens (tertiary/aromatic N) is 1. The fraction of sp³-hybridized carbons (Fsp3) is 0.143. The van der Waals surface area contributed by atoms with Gasteiger partial charge in [-0.05, 0) is 52.7 Å². The molecule has 0 saturated carbocycles. The standard InChI is InChI=1S/C14H10BrF3N2O/c1-8-4-5-9(14(16,17)18)7-11(8)20-13(21)12-10(15)3-2-6-19-12/h2-7H,1H3,(H,20,21). The monoisotopic (exact) mass is 358 g/mol. The molecule has 2 rings (SSSR count). The highest BCUT2D eigenvalue weighted by Gasteiger charge is 2.31. The number of carbonyl (C=O) groups is 1. The lowest BCUT2D eigenvalue weighted by Gasteiger charge is -2.12. The molecule has 0 bridgehead atoms. The zero-order valence-corrected chi connectivity index (χ0v) is 12.4. The van der Waals surface area contributed by atoms with Gasteiger partial charge in [0.1, 0.15) is 5.69 Å². The molecule has 0 spiro atoms. The van der Waals surface area contributed by atoms with Gasteiger partial charge in [0.15, 0.2) is 0 Å². The van der Waals surface area contributed by atoms with Gasteiger partial charge in [0.25, 0.3) is 5.91 Å². The molecule has 1 aromatic carbocycles. The van der Waals surface area contributed by atoms with Gasteiger partial charge in [-0.2, -0.15) is 13.2 Å². The molecule has 0 saturated heterocycles. The summed E-state index contributed by atoms with van der Waals surface area (Å²) in [6, 6.07) is 6.45. The van der Waals surface area contributed by atoms with Crippen molar-refractivity contribution in [3.63, 3.8) is 0 Å². The number of carbonyl (C=O) groups excluding carboxylic acids is 1. The first-order valence-electron chi connectivity index (χ1n) is 5.89. The zero-order valence-electron chi connectivity index (χ0n) is 10.8. The van der Waals surface area contributed by atoms with Crippen LogP contribution >= 0.6 is 15.9 Å². The molecule has 1 aromatic heterocycles. The average molecular weight is 359 g/mol. The number of halogens is 4. The van der Waals surface area contributed by atoms with Crippen LogP contribution in [0, 0.1) is 6.92 Å². The van der Waals surface area contributed by atoms with Crippen LogP contribution in [-0.2, 0) is 6.18 Å². The Hall–Kier alpha value is -1.89.